The van der Waals surface area contributed by atoms with E-state index in [0.717, 1.165) is 28.0 Å². The minimum absolute atomic E-state index is 0.112. The van der Waals surface area contributed by atoms with Gasteiger partial charge in [-0.25, -0.2) is 0 Å². The Balaban J connectivity index is 1.96. The van der Waals surface area contributed by atoms with Crippen molar-refractivity contribution in [3.63, 3.8) is 0 Å². The van der Waals surface area contributed by atoms with E-state index in [1.54, 1.807) is 0 Å². The molecule has 3 rings (SSSR count). The predicted molar refractivity (Wildman–Crippen MR) is 84.7 cm³/mol. The quantitative estimate of drug-likeness (QED) is 0.783. The molecule has 1 aliphatic carbocycles. The van der Waals surface area contributed by atoms with Crippen molar-refractivity contribution in [3.05, 3.63) is 70.8 Å². The van der Waals surface area contributed by atoms with Gasteiger partial charge in [-0.05, 0) is 31.6 Å². The van der Waals surface area contributed by atoms with E-state index >= 15 is 0 Å². The van der Waals surface area contributed by atoms with Crippen LogP contribution >= 0.6 is 0 Å². The van der Waals surface area contributed by atoms with Crippen LogP contribution in [0.15, 0.2) is 54.1 Å². The van der Waals surface area contributed by atoms with Gasteiger partial charge in [0.2, 0.25) is 0 Å². The van der Waals surface area contributed by atoms with Crippen LogP contribution in [-0.4, -0.2) is 11.9 Å². The van der Waals surface area contributed by atoms with Crippen molar-refractivity contribution in [1.82, 2.24) is 0 Å². The second kappa shape index (κ2) is 5.57. The molecule has 1 aliphatic rings. The molecule has 0 aromatic heterocycles. The maximum absolute atomic E-state index is 12.4. The zero-order valence-electron chi connectivity index (χ0n) is 12.3. The van der Waals surface area contributed by atoms with Gasteiger partial charge in [-0.15, -0.1) is 0 Å². The van der Waals surface area contributed by atoms with Crippen LogP contribution in [0.2, 0.25) is 0 Å². The van der Waals surface area contributed by atoms with Crippen LogP contribution in [0.4, 0.5) is 0 Å². The Bertz CT molecular complexity index is 711. The number of hydrogen-bond acceptors (Lipinski definition) is 2. The van der Waals surface area contributed by atoms with Gasteiger partial charge in [-0.3, -0.25) is 4.79 Å². The molecule has 0 N–H and O–H groups in total. The summed E-state index contributed by atoms with van der Waals surface area (Å²) in [6.45, 7) is 4.00. The number of ketones is 1. The second-order valence-electron chi connectivity index (χ2n) is 5.54. The molecule has 2 aromatic carbocycles. The first-order valence-electron chi connectivity index (χ1n) is 7.24. The summed E-state index contributed by atoms with van der Waals surface area (Å²) in [6, 6.07) is 15.6. The Morgan fingerprint density at radius 1 is 1.05 bits per heavy atom. The van der Waals surface area contributed by atoms with E-state index in [4.69, 9.17) is 4.74 Å². The van der Waals surface area contributed by atoms with E-state index in [1.165, 1.54) is 0 Å². The summed E-state index contributed by atoms with van der Waals surface area (Å²) in [7, 11) is 0. The molecule has 0 atom stereocenters. The molecular formula is C19H18O2. The van der Waals surface area contributed by atoms with E-state index in [2.05, 4.69) is 0 Å². The third kappa shape index (κ3) is 2.75. The lowest BCUT2D eigenvalue weighted by Gasteiger charge is -2.12. The molecule has 0 bridgehead atoms. The average molecular weight is 278 g/mol. The number of hydrogen-bond donors (Lipinski definition) is 0. The van der Waals surface area contributed by atoms with E-state index in [0.29, 0.717) is 6.42 Å². The standard InChI is InChI=1S/C19H18O2/c1-13(2)21-18-10-6-4-8-15(18)12-16-11-14-7-3-5-9-17(14)19(16)20/h3-10,12-13H,11H2,1-2H3/b16-12+. The third-order valence-corrected chi connectivity index (χ3v) is 3.55. The van der Waals surface area contributed by atoms with Crippen molar-refractivity contribution in [2.24, 2.45) is 0 Å². The molecule has 2 nitrogen and oxygen atoms in total. The van der Waals surface area contributed by atoms with Crippen molar-refractivity contribution in [2.45, 2.75) is 26.4 Å². The number of ether oxygens (including phenoxy) is 1. The van der Waals surface area contributed by atoms with Gasteiger partial charge in [0.15, 0.2) is 5.78 Å². The highest BCUT2D eigenvalue weighted by atomic mass is 16.5. The number of fused-ring (bicyclic) bond motifs is 1. The van der Waals surface area contributed by atoms with Crippen molar-refractivity contribution >= 4 is 11.9 Å². The van der Waals surface area contributed by atoms with Gasteiger partial charge in [0.25, 0.3) is 0 Å². The Labute approximate surface area is 125 Å². The first kappa shape index (κ1) is 13.6. The maximum atomic E-state index is 12.4. The smallest absolute Gasteiger partial charge is 0.189 e. The fourth-order valence-electron chi connectivity index (χ4n) is 2.62. The van der Waals surface area contributed by atoms with Crippen LogP contribution < -0.4 is 4.74 Å². The largest absolute Gasteiger partial charge is 0.490 e. The van der Waals surface area contributed by atoms with Gasteiger partial charge >= 0.3 is 0 Å². The highest BCUT2D eigenvalue weighted by Gasteiger charge is 2.24. The number of carbonyl (C=O) groups is 1. The summed E-state index contributed by atoms with van der Waals surface area (Å²) in [5.41, 5.74) is 3.72. The Morgan fingerprint density at radius 3 is 2.52 bits per heavy atom. The number of allylic oxidation sites excluding steroid dienone is 1. The maximum Gasteiger partial charge on any atom is 0.189 e. The summed E-state index contributed by atoms with van der Waals surface area (Å²) >= 11 is 0. The minimum atomic E-state index is 0.112. The monoisotopic (exact) mass is 278 g/mol. The number of Topliss-reactive ketones (excluding diaryl/α,β-unsaturated/α-hetero) is 1. The van der Waals surface area contributed by atoms with Gasteiger partial charge in [0, 0.05) is 23.1 Å². The molecule has 0 unspecified atom stereocenters. The summed E-state index contributed by atoms with van der Waals surface area (Å²) in [4.78, 5) is 12.4. The normalized spacial score (nSPS) is 15.6. The van der Waals surface area contributed by atoms with Crippen molar-refractivity contribution in [3.8, 4) is 5.75 Å². The van der Waals surface area contributed by atoms with E-state index in [9.17, 15) is 4.79 Å². The molecule has 0 saturated heterocycles. The van der Waals surface area contributed by atoms with Gasteiger partial charge in [0.05, 0.1) is 6.10 Å². The molecule has 21 heavy (non-hydrogen) atoms. The van der Waals surface area contributed by atoms with Crippen molar-refractivity contribution < 1.29 is 9.53 Å². The highest BCUT2D eigenvalue weighted by molar-refractivity contribution is 6.15. The molecule has 0 saturated carbocycles. The molecule has 0 heterocycles. The molecule has 0 fully saturated rings. The lowest BCUT2D eigenvalue weighted by molar-refractivity contribution is 0.104. The predicted octanol–water partition coefficient (Wildman–Crippen LogP) is 4.30. The molecule has 2 heteroatoms. The van der Waals surface area contributed by atoms with Crippen LogP contribution in [0, 0.1) is 0 Å². The number of para-hydroxylation sites is 1. The minimum Gasteiger partial charge on any atom is -0.490 e. The lowest BCUT2D eigenvalue weighted by atomic mass is 10.1. The summed E-state index contributed by atoms with van der Waals surface area (Å²) < 4.78 is 5.81. The fourth-order valence-corrected chi connectivity index (χ4v) is 2.62. The molecular weight excluding hydrogens is 260 g/mol. The first-order chi connectivity index (χ1) is 10.1. The van der Waals surface area contributed by atoms with Crippen LogP contribution in [0.25, 0.3) is 6.08 Å². The summed E-state index contributed by atoms with van der Waals surface area (Å²) in [6.07, 6.45) is 2.77. The molecule has 0 spiro atoms. The fraction of sp³-hybridized carbons (Fsp3) is 0.211. The molecule has 0 radical (unpaired) electrons. The van der Waals surface area contributed by atoms with Gasteiger partial charge in [-0.2, -0.15) is 0 Å². The Hall–Kier alpha value is -2.35. The van der Waals surface area contributed by atoms with Crippen LogP contribution in [0.3, 0.4) is 0 Å². The summed E-state index contributed by atoms with van der Waals surface area (Å²) in [5, 5.41) is 0. The average Bonchev–Trinajstić information content (AvgIpc) is 2.78. The zero-order valence-corrected chi connectivity index (χ0v) is 12.3. The molecule has 0 amide bonds. The van der Waals surface area contributed by atoms with E-state index < -0.39 is 0 Å². The first-order valence-corrected chi connectivity index (χ1v) is 7.24. The SMILES string of the molecule is CC(C)Oc1ccccc1/C=C1\Cc2ccccc2C1=O. The topological polar surface area (TPSA) is 26.3 Å². The zero-order chi connectivity index (χ0) is 14.8. The second-order valence-corrected chi connectivity index (χ2v) is 5.54. The number of rotatable bonds is 3. The molecule has 2 aromatic rings. The van der Waals surface area contributed by atoms with Crippen LogP contribution in [-0.2, 0) is 6.42 Å². The number of carbonyl (C=O) groups excluding carboxylic acids is 1. The van der Waals surface area contributed by atoms with Crippen LogP contribution in [0.1, 0.15) is 35.3 Å². The Kier molecular flexibility index (Phi) is 3.61. The van der Waals surface area contributed by atoms with Crippen molar-refractivity contribution in [1.29, 1.82) is 0 Å². The Morgan fingerprint density at radius 2 is 1.76 bits per heavy atom. The lowest BCUT2D eigenvalue weighted by Crippen LogP contribution is -2.06. The van der Waals surface area contributed by atoms with E-state index in [1.807, 2.05) is 68.5 Å². The van der Waals surface area contributed by atoms with Gasteiger partial charge in [0.1, 0.15) is 5.75 Å². The molecule has 106 valence electrons. The van der Waals surface area contributed by atoms with Crippen LogP contribution in [0.5, 0.6) is 5.75 Å². The summed E-state index contributed by atoms with van der Waals surface area (Å²) in [5.74, 6) is 0.953. The van der Waals surface area contributed by atoms with Gasteiger partial charge in [-0.1, -0.05) is 42.5 Å². The molecule has 0 aliphatic heterocycles. The van der Waals surface area contributed by atoms with Gasteiger partial charge < -0.3 is 4.74 Å². The third-order valence-electron chi connectivity index (χ3n) is 3.55. The number of benzene rings is 2. The van der Waals surface area contributed by atoms with E-state index in [-0.39, 0.29) is 11.9 Å². The van der Waals surface area contributed by atoms with Crippen molar-refractivity contribution in [2.75, 3.05) is 0 Å². The highest BCUT2D eigenvalue weighted by Crippen LogP contribution is 2.30.